The molecular formula is C12H9FN2O. The van der Waals surface area contributed by atoms with E-state index in [0.717, 1.165) is 0 Å². The van der Waals surface area contributed by atoms with Crippen LogP contribution in [0.2, 0.25) is 0 Å². The molecule has 3 nitrogen and oxygen atoms in total. The summed E-state index contributed by atoms with van der Waals surface area (Å²) in [5.41, 5.74) is 0.613. The van der Waals surface area contributed by atoms with Gasteiger partial charge >= 0.3 is 0 Å². The highest BCUT2D eigenvalue weighted by Crippen LogP contribution is 2.14. The maximum Gasteiger partial charge on any atom is 0.215 e. The van der Waals surface area contributed by atoms with Crippen molar-refractivity contribution in [2.24, 2.45) is 0 Å². The van der Waals surface area contributed by atoms with Gasteiger partial charge in [-0.05, 0) is 18.6 Å². The molecule has 4 heteroatoms. The molecule has 16 heavy (non-hydrogen) atoms. The molecule has 0 aliphatic rings. The molecular weight excluding hydrogens is 207 g/mol. The van der Waals surface area contributed by atoms with Crippen LogP contribution < -0.4 is 0 Å². The van der Waals surface area contributed by atoms with Gasteiger partial charge in [-0.25, -0.2) is 9.37 Å². The number of aromatic nitrogens is 2. The van der Waals surface area contributed by atoms with Gasteiger partial charge in [-0.2, -0.15) is 0 Å². The van der Waals surface area contributed by atoms with Crippen LogP contribution in [0.5, 0.6) is 0 Å². The van der Waals surface area contributed by atoms with Crippen molar-refractivity contribution < 1.29 is 9.18 Å². The van der Waals surface area contributed by atoms with Gasteiger partial charge in [0.1, 0.15) is 11.5 Å². The smallest absolute Gasteiger partial charge is 0.215 e. The van der Waals surface area contributed by atoms with E-state index in [1.165, 1.54) is 24.7 Å². The van der Waals surface area contributed by atoms with Gasteiger partial charge in [-0.15, -0.1) is 0 Å². The Bertz CT molecular complexity index is 526. The van der Waals surface area contributed by atoms with Gasteiger partial charge in [0.25, 0.3) is 0 Å². The lowest BCUT2D eigenvalue weighted by atomic mass is 10.1. The molecule has 80 valence electrons. The lowest BCUT2D eigenvalue weighted by molar-refractivity contribution is 0.103. The number of rotatable bonds is 2. The lowest BCUT2D eigenvalue weighted by Crippen LogP contribution is -2.07. The van der Waals surface area contributed by atoms with Crippen molar-refractivity contribution in [2.45, 2.75) is 6.92 Å². The SMILES string of the molecule is Cc1cccc(C(=O)c2cnccn2)c1F. The van der Waals surface area contributed by atoms with E-state index < -0.39 is 11.6 Å². The first-order valence-electron chi connectivity index (χ1n) is 4.76. The number of hydrogen-bond donors (Lipinski definition) is 0. The second kappa shape index (κ2) is 4.18. The third-order valence-corrected chi connectivity index (χ3v) is 2.23. The number of nitrogens with zero attached hydrogens (tertiary/aromatic N) is 2. The molecule has 0 amide bonds. The van der Waals surface area contributed by atoms with Crippen LogP contribution in [0, 0.1) is 12.7 Å². The van der Waals surface area contributed by atoms with Crippen LogP contribution in [-0.4, -0.2) is 15.8 Å². The van der Waals surface area contributed by atoms with Crippen LogP contribution in [0.25, 0.3) is 0 Å². The zero-order chi connectivity index (χ0) is 11.5. The highest BCUT2D eigenvalue weighted by Gasteiger charge is 2.15. The summed E-state index contributed by atoms with van der Waals surface area (Å²) in [5.74, 6) is -0.951. The van der Waals surface area contributed by atoms with E-state index in [1.54, 1.807) is 19.1 Å². The molecule has 0 radical (unpaired) electrons. The minimum Gasteiger partial charge on any atom is -0.287 e. The molecule has 0 aliphatic heterocycles. The molecule has 0 fully saturated rings. The molecule has 0 atom stereocenters. The standard InChI is InChI=1S/C12H9FN2O/c1-8-3-2-4-9(11(8)13)12(16)10-7-14-5-6-15-10/h2-7H,1H3. The van der Waals surface area contributed by atoms with Crippen LogP contribution in [0.1, 0.15) is 21.6 Å². The molecule has 1 aromatic heterocycles. The summed E-state index contributed by atoms with van der Waals surface area (Å²) in [6.07, 6.45) is 4.19. The predicted molar refractivity (Wildman–Crippen MR) is 56.6 cm³/mol. The summed E-state index contributed by atoms with van der Waals surface area (Å²) in [6, 6.07) is 4.70. The van der Waals surface area contributed by atoms with Crippen molar-refractivity contribution in [1.29, 1.82) is 0 Å². The van der Waals surface area contributed by atoms with Crippen molar-refractivity contribution >= 4 is 5.78 Å². The van der Waals surface area contributed by atoms with Crippen molar-refractivity contribution in [3.05, 3.63) is 59.4 Å². The minimum absolute atomic E-state index is 0.0282. The Morgan fingerprint density at radius 3 is 2.81 bits per heavy atom. The van der Waals surface area contributed by atoms with Gasteiger partial charge in [0.2, 0.25) is 5.78 Å². The highest BCUT2D eigenvalue weighted by molar-refractivity contribution is 6.07. The predicted octanol–water partition coefficient (Wildman–Crippen LogP) is 2.16. The van der Waals surface area contributed by atoms with Crippen molar-refractivity contribution in [2.75, 3.05) is 0 Å². The lowest BCUT2D eigenvalue weighted by Gasteiger charge is -2.03. The van der Waals surface area contributed by atoms with Crippen LogP contribution in [-0.2, 0) is 0 Å². The van der Waals surface area contributed by atoms with E-state index in [2.05, 4.69) is 9.97 Å². The third-order valence-electron chi connectivity index (χ3n) is 2.23. The van der Waals surface area contributed by atoms with Crippen molar-refractivity contribution in [1.82, 2.24) is 9.97 Å². The molecule has 0 unspecified atom stereocenters. The number of hydrogen-bond acceptors (Lipinski definition) is 3. The van der Waals surface area contributed by atoms with Crippen LogP contribution in [0.4, 0.5) is 4.39 Å². The Balaban J connectivity index is 2.46. The fraction of sp³-hybridized carbons (Fsp3) is 0.0833. The highest BCUT2D eigenvalue weighted by atomic mass is 19.1. The largest absolute Gasteiger partial charge is 0.287 e. The second-order valence-electron chi connectivity index (χ2n) is 3.36. The topological polar surface area (TPSA) is 42.9 Å². The number of carbonyl (C=O) groups is 1. The average molecular weight is 216 g/mol. The van der Waals surface area contributed by atoms with Crippen LogP contribution >= 0.6 is 0 Å². The summed E-state index contributed by atoms with van der Waals surface area (Å²) >= 11 is 0. The van der Waals surface area contributed by atoms with Crippen LogP contribution in [0.15, 0.2) is 36.8 Å². The maximum absolute atomic E-state index is 13.7. The first-order valence-corrected chi connectivity index (χ1v) is 4.76. The van der Waals surface area contributed by atoms with Gasteiger partial charge in [0, 0.05) is 12.4 Å². The molecule has 1 heterocycles. The van der Waals surface area contributed by atoms with Crippen LogP contribution in [0.3, 0.4) is 0 Å². The Labute approximate surface area is 92.0 Å². The van der Waals surface area contributed by atoms with Gasteiger partial charge in [-0.3, -0.25) is 9.78 Å². The van der Waals surface area contributed by atoms with Crippen molar-refractivity contribution in [3.8, 4) is 0 Å². The molecule has 2 aromatic rings. The number of ketones is 1. The molecule has 0 spiro atoms. The molecule has 0 saturated heterocycles. The van der Waals surface area contributed by atoms with Gasteiger partial charge < -0.3 is 0 Å². The van der Waals surface area contributed by atoms with E-state index in [0.29, 0.717) is 5.56 Å². The number of halogens is 1. The van der Waals surface area contributed by atoms with E-state index in [-0.39, 0.29) is 11.3 Å². The van der Waals surface area contributed by atoms with E-state index in [9.17, 15) is 9.18 Å². The molecule has 0 saturated carbocycles. The summed E-state index contributed by atoms with van der Waals surface area (Å²) in [4.78, 5) is 19.5. The van der Waals surface area contributed by atoms with E-state index in [4.69, 9.17) is 0 Å². The second-order valence-corrected chi connectivity index (χ2v) is 3.36. The Morgan fingerprint density at radius 2 is 2.12 bits per heavy atom. The van der Waals surface area contributed by atoms with Crippen molar-refractivity contribution in [3.63, 3.8) is 0 Å². The Hall–Kier alpha value is -2.10. The van der Waals surface area contributed by atoms with Gasteiger partial charge in [0.15, 0.2) is 0 Å². The van der Waals surface area contributed by atoms with E-state index in [1.807, 2.05) is 0 Å². The Morgan fingerprint density at radius 1 is 1.31 bits per heavy atom. The average Bonchev–Trinajstić information content (AvgIpc) is 2.33. The number of aryl methyl sites for hydroxylation is 1. The number of benzene rings is 1. The zero-order valence-corrected chi connectivity index (χ0v) is 8.64. The summed E-state index contributed by atoms with van der Waals surface area (Å²) in [5, 5.41) is 0. The summed E-state index contributed by atoms with van der Waals surface area (Å²) < 4.78 is 13.7. The zero-order valence-electron chi connectivity index (χ0n) is 8.64. The monoisotopic (exact) mass is 216 g/mol. The van der Waals surface area contributed by atoms with Gasteiger partial charge in [0.05, 0.1) is 11.8 Å². The fourth-order valence-electron chi connectivity index (χ4n) is 1.38. The normalized spacial score (nSPS) is 10.1. The fourth-order valence-corrected chi connectivity index (χ4v) is 1.38. The molecule has 2 rings (SSSR count). The quantitative estimate of drug-likeness (QED) is 0.722. The summed E-state index contributed by atoms with van der Waals surface area (Å²) in [7, 11) is 0. The maximum atomic E-state index is 13.7. The first-order chi connectivity index (χ1) is 7.70. The number of carbonyl (C=O) groups excluding carboxylic acids is 1. The Kier molecular flexibility index (Phi) is 2.72. The molecule has 0 aliphatic carbocycles. The molecule has 0 N–H and O–H groups in total. The molecule has 0 bridgehead atoms. The van der Waals surface area contributed by atoms with E-state index >= 15 is 0 Å². The van der Waals surface area contributed by atoms with Gasteiger partial charge in [-0.1, -0.05) is 12.1 Å². The minimum atomic E-state index is -0.502. The summed E-state index contributed by atoms with van der Waals surface area (Å²) in [6.45, 7) is 1.61. The third kappa shape index (κ3) is 1.82. The molecule has 1 aromatic carbocycles. The first kappa shape index (κ1) is 10.4.